The van der Waals surface area contributed by atoms with Gasteiger partial charge in [0, 0.05) is 26.0 Å². The summed E-state index contributed by atoms with van der Waals surface area (Å²) in [5, 5.41) is 0. The van der Waals surface area contributed by atoms with Crippen LogP contribution in [0.4, 0.5) is 11.4 Å². The maximum absolute atomic E-state index is 12.3. The predicted molar refractivity (Wildman–Crippen MR) is 73.7 cm³/mol. The molecule has 0 saturated heterocycles. The van der Waals surface area contributed by atoms with Crippen LogP contribution >= 0.6 is 0 Å². The second kappa shape index (κ2) is 4.56. The molecule has 1 aromatic heterocycles. The Bertz CT molecular complexity index is 586. The average molecular weight is 243 g/mol. The lowest BCUT2D eigenvalue weighted by Crippen LogP contribution is -2.27. The maximum atomic E-state index is 12.3. The molecule has 2 aromatic rings. The number of nitrogen functional groups attached to an aromatic ring is 1. The van der Waals surface area contributed by atoms with Gasteiger partial charge in [0.2, 0.25) is 0 Å². The molecule has 4 nitrogen and oxygen atoms in total. The highest BCUT2D eigenvalue weighted by Crippen LogP contribution is 2.18. The fourth-order valence-corrected chi connectivity index (χ4v) is 1.93. The number of carbonyl (C=O) groups is 1. The lowest BCUT2D eigenvalue weighted by molar-refractivity contribution is 0.0985. The molecule has 0 spiro atoms. The summed E-state index contributed by atoms with van der Waals surface area (Å²) in [6.45, 7) is 2.00. The van der Waals surface area contributed by atoms with Crippen molar-refractivity contribution in [1.82, 2.24) is 4.57 Å². The molecule has 2 N–H and O–H groups in total. The Morgan fingerprint density at radius 1 is 1.33 bits per heavy atom. The Kier molecular flexibility index (Phi) is 3.10. The van der Waals surface area contributed by atoms with E-state index in [9.17, 15) is 4.79 Å². The molecule has 0 fully saturated rings. The molecule has 18 heavy (non-hydrogen) atoms. The number of hydrogen-bond donors (Lipinski definition) is 1. The molecule has 0 aliphatic rings. The van der Waals surface area contributed by atoms with Gasteiger partial charge in [-0.05, 0) is 30.7 Å². The molecule has 0 aliphatic heterocycles. The number of hydrogen-bond acceptors (Lipinski definition) is 2. The van der Waals surface area contributed by atoms with Gasteiger partial charge in [-0.25, -0.2) is 0 Å². The Morgan fingerprint density at radius 3 is 2.61 bits per heavy atom. The molecule has 0 radical (unpaired) electrons. The van der Waals surface area contributed by atoms with Crippen molar-refractivity contribution in [3.8, 4) is 0 Å². The van der Waals surface area contributed by atoms with Crippen molar-refractivity contribution < 1.29 is 4.79 Å². The van der Waals surface area contributed by atoms with Gasteiger partial charge >= 0.3 is 0 Å². The number of nitrogens with zero attached hydrogens (tertiary/aromatic N) is 2. The van der Waals surface area contributed by atoms with Crippen molar-refractivity contribution in [1.29, 1.82) is 0 Å². The van der Waals surface area contributed by atoms with E-state index in [0.29, 0.717) is 11.4 Å². The van der Waals surface area contributed by atoms with Crippen LogP contribution in [0.15, 0.2) is 36.5 Å². The largest absolute Gasteiger partial charge is 0.397 e. The van der Waals surface area contributed by atoms with E-state index in [0.717, 1.165) is 11.3 Å². The predicted octanol–water partition coefficient (Wildman–Crippen LogP) is 2.19. The van der Waals surface area contributed by atoms with Gasteiger partial charge in [0.25, 0.3) is 5.91 Å². The van der Waals surface area contributed by atoms with E-state index in [1.165, 1.54) is 0 Å². The van der Waals surface area contributed by atoms with Crippen molar-refractivity contribution in [2.45, 2.75) is 6.92 Å². The van der Waals surface area contributed by atoms with Gasteiger partial charge in [0.15, 0.2) is 0 Å². The van der Waals surface area contributed by atoms with Crippen molar-refractivity contribution in [3.05, 3.63) is 47.8 Å². The minimum absolute atomic E-state index is 0.0696. The van der Waals surface area contributed by atoms with Crippen LogP contribution in [0.5, 0.6) is 0 Å². The maximum Gasteiger partial charge on any atom is 0.274 e. The molecule has 94 valence electrons. The van der Waals surface area contributed by atoms with Crippen LogP contribution in [-0.4, -0.2) is 17.5 Å². The summed E-state index contributed by atoms with van der Waals surface area (Å²) in [6, 6.07) is 9.52. The topological polar surface area (TPSA) is 51.3 Å². The number of amides is 1. The summed E-state index contributed by atoms with van der Waals surface area (Å²) in [5.41, 5.74) is 8.86. The summed E-state index contributed by atoms with van der Waals surface area (Å²) >= 11 is 0. The van der Waals surface area contributed by atoms with Crippen molar-refractivity contribution in [2.75, 3.05) is 17.7 Å². The van der Waals surface area contributed by atoms with Crippen LogP contribution in [0.1, 0.15) is 16.1 Å². The molecule has 2 rings (SSSR count). The molecule has 1 amide bonds. The van der Waals surface area contributed by atoms with Crippen LogP contribution in [0, 0.1) is 6.92 Å². The van der Waals surface area contributed by atoms with Gasteiger partial charge in [-0.15, -0.1) is 0 Å². The van der Waals surface area contributed by atoms with Crippen LogP contribution in [0.2, 0.25) is 0 Å². The first-order valence-corrected chi connectivity index (χ1v) is 5.75. The number of anilines is 2. The van der Waals surface area contributed by atoms with Crippen LogP contribution in [0.3, 0.4) is 0 Å². The van der Waals surface area contributed by atoms with Gasteiger partial charge in [-0.3, -0.25) is 4.79 Å². The van der Waals surface area contributed by atoms with E-state index in [2.05, 4.69) is 0 Å². The minimum atomic E-state index is -0.0696. The highest BCUT2D eigenvalue weighted by molar-refractivity contribution is 6.05. The van der Waals surface area contributed by atoms with E-state index in [-0.39, 0.29) is 5.91 Å². The first-order chi connectivity index (χ1) is 8.49. The normalized spacial score (nSPS) is 10.4. The number of aryl methyl sites for hydroxylation is 2. The molecule has 0 unspecified atom stereocenters. The fraction of sp³-hybridized carbons (Fsp3) is 0.214. The number of aromatic nitrogens is 1. The second-order valence-electron chi connectivity index (χ2n) is 4.47. The molecule has 0 aliphatic carbocycles. The average Bonchev–Trinajstić information content (AvgIpc) is 2.66. The minimum Gasteiger partial charge on any atom is -0.397 e. The summed E-state index contributed by atoms with van der Waals surface area (Å²) < 4.78 is 1.74. The Hall–Kier alpha value is -2.23. The van der Waals surface area contributed by atoms with Gasteiger partial charge in [0.1, 0.15) is 5.69 Å². The zero-order valence-corrected chi connectivity index (χ0v) is 10.8. The summed E-state index contributed by atoms with van der Waals surface area (Å²) in [5.74, 6) is -0.0696. The highest BCUT2D eigenvalue weighted by atomic mass is 16.2. The number of carbonyl (C=O) groups excluding carboxylic acids is 1. The smallest absolute Gasteiger partial charge is 0.274 e. The molecular formula is C14H17N3O. The lowest BCUT2D eigenvalue weighted by atomic mass is 10.2. The van der Waals surface area contributed by atoms with E-state index in [4.69, 9.17) is 5.73 Å². The molecule has 0 bridgehead atoms. The Morgan fingerprint density at radius 2 is 2.06 bits per heavy atom. The van der Waals surface area contributed by atoms with E-state index >= 15 is 0 Å². The second-order valence-corrected chi connectivity index (χ2v) is 4.47. The van der Waals surface area contributed by atoms with Gasteiger partial charge in [0.05, 0.1) is 5.69 Å². The quantitative estimate of drug-likeness (QED) is 0.879. The Balaban J connectivity index is 2.32. The zero-order valence-electron chi connectivity index (χ0n) is 10.8. The van der Waals surface area contributed by atoms with E-state index in [1.54, 1.807) is 28.8 Å². The van der Waals surface area contributed by atoms with Crippen LogP contribution in [0.25, 0.3) is 0 Å². The van der Waals surface area contributed by atoms with E-state index < -0.39 is 0 Å². The Labute approximate surface area is 107 Å². The number of rotatable bonds is 2. The summed E-state index contributed by atoms with van der Waals surface area (Å²) in [7, 11) is 3.58. The van der Waals surface area contributed by atoms with Crippen LogP contribution in [-0.2, 0) is 7.05 Å². The zero-order chi connectivity index (χ0) is 13.3. The molecule has 1 heterocycles. The standard InChI is InChI=1S/C14H17N3O/c1-10-5-4-6-12(7-10)17(3)14(18)13-8-11(15)9-16(13)2/h4-9H,15H2,1-3H3. The highest BCUT2D eigenvalue weighted by Gasteiger charge is 2.16. The first kappa shape index (κ1) is 12.2. The fourth-order valence-electron chi connectivity index (χ4n) is 1.93. The van der Waals surface area contributed by atoms with Gasteiger partial charge < -0.3 is 15.2 Å². The summed E-state index contributed by atoms with van der Waals surface area (Å²) in [4.78, 5) is 14.0. The SMILES string of the molecule is Cc1cccc(N(C)C(=O)c2cc(N)cn2C)c1. The third kappa shape index (κ3) is 2.22. The monoisotopic (exact) mass is 243 g/mol. The third-order valence-electron chi connectivity index (χ3n) is 2.94. The van der Waals surface area contributed by atoms with Gasteiger partial charge in [-0.1, -0.05) is 12.1 Å². The van der Waals surface area contributed by atoms with Crippen LogP contribution < -0.4 is 10.6 Å². The van der Waals surface area contributed by atoms with Gasteiger partial charge in [-0.2, -0.15) is 0 Å². The molecule has 4 heteroatoms. The molecular weight excluding hydrogens is 226 g/mol. The van der Waals surface area contributed by atoms with Crippen molar-refractivity contribution in [3.63, 3.8) is 0 Å². The lowest BCUT2D eigenvalue weighted by Gasteiger charge is -2.18. The van der Waals surface area contributed by atoms with Crippen molar-refractivity contribution >= 4 is 17.3 Å². The van der Waals surface area contributed by atoms with Crippen molar-refractivity contribution in [2.24, 2.45) is 7.05 Å². The molecule has 0 atom stereocenters. The molecule has 0 saturated carbocycles. The number of nitrogens with two attached hydrogens (primary N) is 1. The number of benzene rings is 1. The van der Waals surface area contributed by atoms with E-state index in [1.807, 2.05) is 38.2 Å². The first-order valence-electron chi connectivity index (χ1n) is 5.75. The summed E-state index contributed by atoms with van der Waals surface area (Å²) in [6.07, 6.45) is 1.73. The molecule has 1 aromatic carbocycles. The third-order valence-corrected chi connectivity index (χ3v) is 2.94.